The fourth-order valence-electron chi connectivity index (χ4n) is 3.68. The van der Waals surface area contributed by atoms with Crippen molar-refractivity contribution in [3.63, 3.8) is 0 Å². The molecule has 0 atom stereocenters. The number of hydrogen-bond acceptors (Lipinski definition) is 6. The summed E-state index contributed by atoms with van der Waals surface area (Å²) in [7, 11) is 0. The molecule has 1 fully saturated rings. The summed E-state index contributed by atoms with van der Waals surface area (Å²) in [4.78, 5) is 20.8. The number of halogens is 1. The molecule has 0 bridgehead atoms. The number of amides is 1. The van der Waals surface area contributed by atoms with Gasteiger partial charge in [-0.3, -0.25) is 9.78 Å². The molecule has 1 N–H and O–H groups in total. The highest BCUT2D eigenvalue weighted by molar-refractivity contribution is 5.76. The highest BCUT2D eigenvalue weighted by Gasteiger charge is 2.34. The second kappa shape index (κ2) is 9.13. The van der Waals surface area contributed by atoms with Crippen LogP contribution in [0.3, 0.4) is 0 Å². The first-order valence-electron chi connectivity index (χ1n) is 9.98. The Labute approximate surface area is 173 Å². The summed E-state index contributed by atoms with van der Waals surface area (Å²) in [6, 6.07) is 10.1. The number of ether oxygens (including phenoxy) is 1. The lowest BCUT2D eigenvalue weighted by Crippen LogP contribution is -2.44. The van der Waals surface area contributed by atoms with Crippen molar-refractivity contribution in [3.05, 3.63) is 66.1 Å². The number of pyridine rings is 1. The molecule has 7 nitrogen and oxygen atoms in total. The van der Waals surface area contributed by atoms with Crippen molar-refractivity contribution < 1.29 is 18.4 Å². The van der Waals surface area contributed by atoms with Crippen molar-refractivity contribution in [1.29, 1.82) is 0 Å². The van der Waals surface area contributed by atoms with Gasteiger partial charge in [0.2, 0.25) is 17.6 Å². The van der Waals surface area contributed by atoms with E-state index in [1.54, 1.807) is 36.7 Å². The smallest absolute Gasteiger partial charge is 0.227 e. The zero-order valence-electron chi connectivity index (χ0n) is 16.5. The quantitative estimate of drug-likeness (QED) is 0.644. The summed E-state index contributed by atoms with van der Waals surface area (Å²) < 4.78 is 24.1. The van der Waals surface area contributed by atoms with Gasteiger partial charge in [0, 0.05) is 56.0 Å². The molecule has 1 aromatic carbocycles. The molecule has 30 heavy (non-hydrogen) atoms. The maximum absolute atomic E-state index is 13.3. The number of aryl methyl sites for hydroxylation is 1. The zero-order valence-corrected chi connectivity index (χ0v) is 16.5. The lowest BCUT2D eigenvalue weighted by atomic mass is 9.74. The van der Waals surface area contributed by atoms with Crippen LogP contribution >= 0.6 is 0 Å². The molecular formula is C22H23FN4O3. The lowest BCUT2D eigenvalue weighted by Gasteiger charge is -2.38. The third-order valence-corrected chi connectivity index (χ3v) is 5.50. The van der Waals surface area contributed by atoms with E-state index in [4.69, 9.17) is 9.26 Å². The second-order valence-corrected chi connectivity index (χ2v) is 7.42. The zero-order chi connectivity index (χ0) is 20.8. The van der Waals surface area contributed by atoms with Crippen LogP contribution < -0.4 is 5.32 Å². The van der Waals surface area contributed by atoms with Gasteiger partial charge in [-0.25, -0.2) is 4.39 Å². The molecule has 0 saturated carbocycles. The van der Waals surface area contributed by atoms with Crippen LogP contribution in [0.4, 0.5) is 4.39 Å². The van der Waals surface area contributed by atoms with E-state index in [0.717, 1.165) is 24.0 Å². The molecule has 0 unspecified atom stereocenters. The fraction of sp³-hybridized carbons (Fsp3) is 0.364. The van der Waals surface area contributed by atoms with Gasteiger partial charge in [0.15, 0.2) is 0 Å². The Hall–Kier alpha value is -3.13. The fourth-order valence-corrected chi connectivity index (χ4v) is 3.68. The Bertz CT molecular complexity index is 970. The molecular weight excluding hydrogens is 387 g/mol. The molecule has 1 saturated heterocycles. The van der Waals surface area contributed by atoms with E-state index in [0.29, 0.717) is 37.9 Å². The summed E-state index contributed by atoms with van der Waals surface area (Å²) in [6.45, 7) is 1.72. The molecule has 2 aromatic heterocycles. The predicted octanol–water partition coefficient (Wildman–Crippen LogP) is 3.07. The first-order chi connectivity index (χ1) is 14.6. The van der Waals surface area contributed by atoms with E-state index in [1.807, 2.05) is 0 Å². The molecule has 0 radical (unpaired) electrons. The summed E-state index contributed by atoms with van der Waals surface area (Å²) in [5.41, 5.74) is 1.58. The van der Waals surface area contributed by atoms with Crippen LogP contribution in [-0.2, 0) is 21.4 Å². The van der Waals surface area contributed by atoms with Crippen molar-refractivity contribution in [1.82, 2.24) is 20.4 Å². The minimum atomic E-state index is -0.268. The maximum Gasteiger partial charge on any atom is 0.227 e. The van der Waals surface area contributed by atoms with Gasteiger partial charge in [-0.2, -0.15) is 4.98 Å². The Balaban J connectivity index is 1.34. The Morgan fingerprint density at radius 2 is 1.83 bits per heavy atom. The first-order valence-corrected chi connectivity index (χ1v) is 9.98. The van der Waals surface area contributed by atoms with Crippen LogP contribution in [0, 0.1) is 5.82 Å². The van der Waals surface area contributed by atoms with Gasteiger partial charge in [-0.1, -0.05) is 17.3 Å². The largest absolute Gasteiger partial charge is 0.381 e. The van der Waals surface area contributed by atoms with E-state index in [-0.39, 0.29) is 23.6 Å². The molecule has 1 aliphatic rings. The number of rotatable bonds is 7. The minimum absolute atomic E-state index is 0.0911. The molecule has 156 valence electrons. The van der Waals surface area contributed by atoms with Crippen LogP contribution in [0.15, 0.2) is 53.3 Å². The number of carbonyl (C=O) groups excluding carboxylic acids is 1. The summed E-state index contributed by atoms with van der Waals surface area (Å²) >= 11 is 0. The molecule has 1 amide bonds. The summed E-state index contributed by atoms with van der Waals surface area (Å²) in [5, 5.41) is 6.98. The topological polar surface area (TPSA) is 90.1 Å². The van der Waals surface area contributed by atoms with E-state index in [9.17, 15) is 9.18 Å². The van der Waals surface area contributed by atoms with Crippen molar-refractivity contribution >= 4 is 5.91 Å². The van der Waals surface area contributed by atoms with E-state index < -0.39 is 0 Å². The lowest BCUT2D eigenvalue weighted by molar-refractivity contribution is -0.121. The molecule has 3 heterocycles. The Morgan fingerprint density at radius 3 is 2.57 bits per heavy atom. The maximum atomic E-state index is 13.3. The predicted molar refractivity (Wildman–Crippen MR) is 107 cm³/mol. The highest BCUT2D eigenvalue weighted by atomic mass is 19.1. The highest BCUT2D eigenvalue weighted by Crippen LogP contribution is 2.34. The molecule has 4 rings (SSSR count). The molecule has 1 aliphatic heterocycles. The number of hydrogen-bond donors (Lipinski definition) is 1. The van der Waals surface area contributed by atoms with Gasteiger partial charge in [0.1, 0.15) is 5.82 Å². The van der Waals surface area contributed by atoms with E-state index >= 15 is 0 Å². The monoisotopic (exact) mass is 410 g/mol. The van der Waals surface area contributed by atoms with Gasteiger partial charge in [0.25, 0.3) is 0 Å². The standard InChI is InChI=1S/C22H23FN4O3/c23-18-3-1-17(2-4-18)22(9-13-29-14-10-22)15-25-19(28)5-6-20-26-21(27-30-20)16-7-11-24-12-8-16/h1-4,7-8,11-12H,5-6,9-10,13-15H2,(H,25,28). The SMILES string of the molecule is O=C(CCc1nc(-c2ccncc2)no1)NCC1(c2ccc(F)cc2)CCOCC1. The number of aromatic nitrogens is 3. The van der Waals surface area contributed by atoms with Crippen LogP contribution in [-0.4, -0.2) is 40.8 Å². The average molecular weight is 410 g/mol. The van der Waals surface area contributed by atoms with Gasteiger partial charge >= 0.3 is 0 Å². The van der Waals surface area contributed by atoms with Gasteiger partial charge in [-0.15, -0.1) is 0 Å². The van der Waals surface area contributed by atoms with Crippen LogP contribution in [0.25, 0.3) is 11.4 Å². The Morgan fingerprint density at radius 1 is 1.10 bits per heavy atom. The first kappa shape index (κ1) is 20.2. The van der Waals surface area contributed by atoms with Crippen LogP contribution in [0.2, 0.25) is 0 Å². The van der Waals surface area contributed by atoms with Crippen molar-refractivity contribution in [2.75, 3.05) is 19.8 Å². The number of nitrogens with zero attached hydrogens (tertiary/aromatic N) is 3. The molecule has 3 aromatic rings. The van der Waals surface area contributed by atoms with Crippen molar-refractivity contribution in [3.8, 4) is 11.4 Å². The number of benzene rings is 1. The minimum Gasteiger partial charge on any atom is -0.381 e. The Kier molecular flexibility index (Phi) is 6.13. The van der Waals surface area contributed by atoms with Crippen LogP contribution in [0.1, 0.15) is 30.7 Å². The van der Waals surface area contributed by atoms with Crippen molar-refractivity contribution in [2.45, 2.75) is 31.1 Å². The average Bonchev–Trinajstić information content (AvgIpc) is 3.27. The molecule has 8 heteroatoms. The van der Waals surface area contributed by atoms with E-state index in [1.165, 1.54) is 12.1 Å². The normalized spacial score (nSPS) is 15.6. The number of carbonyl (C=O) groups is 1. The third-order valence-electron chi connectivity index (χ3n) is 5.50. The van der Waals surface area contributed by atoms with Crippen molar-refractivity contribution in [2.24, 2.45) is 0 Å². The summed E-state index contributed by atoms with van der Waals surface area (Å²) in [6.07, 6.45) is 5.47. The van der Waals surface area contributed by atoms with Gasteiger partial charge in [0.05, 0.1) is 0 Å². The van der Waals surface area contributed by atoms with E-state index in [2.05, 4.69) is 20.4 Å². The molecule has 0 spiro atoms. The summed E-state index contributed by atoms with van der Waals surface area (Å²) in [5.74, 6) is 0.531. The number of nitrogens with one attached hydrogen (secondary N) is 1. The molecule has 0 aliphatic carbocycles. The second-order valence-electron chi connectivity index (χ2n) is 7.42. The van der Waals surface area contributed by atoms with Crippen LogP contribution in [0.5, 0.6) is 0 Å². The third kappa shape index (κ3) is 4.71. The van der Waals surface area contributed by atoms with Gasteiger partial charge in [-0.05, 0) is 42.7 Å². The van der Waals surface area contributed by atoms with Gasteiger partial charge < -0.3 is 14.6 Å².